The monoisotopic (exact) mass is 313 g/mol. The number of rotatable bonds is 6. The lowest BCUT2D eigenvalue weighted by Crippen LogP contribution is -2.30. The highest BCUT2D eigenvalue weighted by atomic mass is 79.9. The van der Waals surface area contributed by atoms with Crippen LogP contribution in [0.1, 0.15) is 12.8 Å². The zero-order valence-electron chi connectivity index (χ0n) is 10.2. The Hall–Kier alpha value is -1.23. The summed E-state index contributed by atoms with van der Waals surface area (Å²) in [7, 11) is 1.60. The summed E-state index contributed by atoms with van der Waals surface area (Å²) < 4.78 is 11.3. The van der Waals surface area contributed by atoms with Crippen LogP contribution in [-0.2, 0) is 4.79 Å². The average molecular weight is 314 g/mol. The van der Waals surface area contributed by atoms with E-state index < -0.39 is 0 Å². The molecule has 1 amide bonds. The summed E-state index contributed by atoms with van der Waals surface area (Å²) in [5, 5.41) is 2.85. The normalized spacial score (nSPS) is 14.1. The number of nitrogens with one attached hydrogen (secondary N) is 1. The summed E-state index contributed by atoms with van der Waals surface area (Å²) in [6.45, 7) is 0.809. The molecule has 0 aromatic heterocycles. The third-order valence-electron chi connectivity index (χ3n) is 2.78. The molecule has 0 atom stereocenters. The maximum absolute atomic E-state index is 11.5. The number of methoxy groups -OCH3 is 1. The van der Waals surface area contributed by atoms with Gasteiger partial charge in [0.15, 0.2) is 6.61 Å². The van der Waals surface area contributed by atoms with Crippen LogP contribution in [0.2, 0.25) is 0 Å². The van der Waals surface area contributed by atoms with Crippen LogP contribution in [0, 0.1) is 5.92 Å². The Morgan fingerprint density at radius 3 is 2.89 bits per heavy atom. The lowest BCUT2D eigenvalue weighted by molar-refractivity contribution is -0.123. The Morgan fingerprint density at radius 2 is 2.28 bits per heavy atom. The number of hydrogen-bond acceptors (Lipinski definition) is 3. The van der Waals surface area contributed by atoms with Gasteiger partial charge in [-0.1, -0.05) is 0 Å². The molecule has 1 aliphatic rings. The van der Waals surface area contributed by atoms with Crippen molar-refractivity contribution in [2.24, 2.45) is 5.92 Å². The number of hydrogen-bond donors (Lipinski definition) is 1. The van der Waals surface area contributed by atoms with Crippen LogP contribution in [0.4, 0.5) is 0 Å². The number of halogens is 1. The molecule has 1 aliphatic carbocycles. The second-order valence-corrected chi connectivity index (χ2v) is 5.19. The standard InChI is InChI=1S/C13H16BrNO3/c1-17-10-4-5-12(11(14)6-10)18-8-13(16)15-7-9-2-3-9/h4-6,9H,2-3,7-8H2,1H3,(H,15,16). The summed E-state index contributed by atoms with van der Waals surface area (Å²) in [6, 6.07) is 5.37. The molecule has 1 N–H and O–H groups in total. The fraction of sp³-hybridized carbons (Fsp3) is 0.462. The molecule has 0 bridgehead atoms. The molecule has 1 saturated carbocycles. The summed E-state index contributed by atoms with van der Waals surface area (Å²) in [6.07, 6.45) is 2.45. The topological polar surface area (TPSA) is 47.6 Å². The number of ether oxygens (including phenoxy) is 2. The van der Waals surface area contributed by atoms with Crippen molar-refractivity contribution in [3.05, 3.63) is 22.7 Å². The molecular formula is C13H16BrNO3. The molecule has 0 unspecified atom stereocenters. The Labute approximate surface area is 115 Å². The van der Waals surface area contributed by atoms with Gasteiger partial charge in [0.25, 0.3) is 5.91 Å². The molecule has 1 fully saturated rings. The first-order valence-corrected chi connectivity index (χ1v) is 6.71. The highest BCUT2D eigenvalue weighted by Crippen LogP contribution is 2.29. The van der Waals surface area contributed by atoms with Crippen molar-refractivity contribution >= 4 is 21.8 Å². The van der Waals surface area contributed by atoms with Crippen LogP contribution >= 0.6 is 15.9 Å². The van der Waals surface area contributed by atoms with E-state index in [2.05, 4.69) is 21.2 Å². The van der Waals surface area contributed by atoms with Gasteiger partial charge in [0.05, 0.1) is 11.6 Å². The van der Waals surface area contributed by atoms with E-state index in [1.165, 1.54) is 12.8 Å². The smallest absolute Gasteiger partial charge is 0.257 e. The van der Waals surface area contributed by atoms with Gasteiger partial charge < -0.3 is 14.8 Å². The van der Waals surface area contributed by atoms with Gasteiger partial charge >= 0.3 is 0 Å². The van der Waals surface area contributed by atoms with Crippen molar-refractivity contribution in [3.8, 4) is 11.5 Å². The second-order valence-electron chi connectivity index (χ2n) is 4.33. The van der Waals surface area contributed by atoms with Crippen LogP contribution in [0.25, 0.3) is 0 Å². The van der Waals surface area contributed by atoms with E-state index in [0.717, 1.165) is 16.8 Å². The number of benzene rings is 1. The number of carbonyl (C=O) groups excluding carboxylic acids is 1. The summed E-state index contributed by atoms with van der Waals surface area (Å²) in [5.41, 5.74) is 0. The summed E-state index contributed by atoms with van der Waals surface area (Å²) in [5.74, 6) is 1.98. The Kier molecular flexibility index (Phi) is 4.47. The van der Waals surface area contributed by atoms with Crippen LogP contribution < -0.4 is 14.8 Å². The minimum absolute atomic E-state index is 0.0393. The van der Waals surface area contributed by atoms with E-state index in [1.807, 2.05) is 0 Å². The van der Waals surface area contributed by atoms with E-state index in [4.69, 9.17) is 9.47 Å². The minimum atomic E-state index is -0.0791. The third kappa shape index (κ3) is 3.91. The molecule has 18 heavy (non-hydrogen) atoms. The van der Waals surface area contributed by atoms with E-state index in [-0.39, 0.29) is 12.5 Å². The minimum Gasteiger partial charge on any atom is -0.497 e. The van der Waals surface area contributed by atoms with Crippen molar-refractivity contribution < 1.29 is 14.3 Å². The van der Waals surface area contributed by atoms with Gasteiger partial charge in [-0.25, -0.2) is 0 Å². The van der Waals surface area contributed by atoms with Crippen molar-refractivity contribution in [2.75, 3.05) is 20.3 Å². The lowest BCUT2D eigenvalue weighted by Gasteiger charge is -2.09. The van der Waals surface area contributed by atoms with E-state index in [0.29, 0.717) is 11.7 Å². The molecule has 0 heterocycles. The van der Waals surface area contributed by atoms with Crippen LogP contribution in [0.15, 0.2) is 22.7 Å². The van der Waals surface area contributed by atoms with Gasteiger partial charge in [0.1, 0.15) is 11.5 Å². The third-order valence-corrected chi connectivity index (χ3v) is 3.40. The van der Waals surface area contributed by atoms with Crippen molar-refractivity contribution in [1.29, 1.82) is 0 Å². The zero-order valence-corrected chi connectivity index (χ0v) is 11.8. The van der Waals surface area contributed by atoms with Gasteiger partial charge in [0.2, 0.25) is 0 Å². The first-order valence-electron chi connectivity index (χ1n) is 5.92. The first kappa shape index (κ1) is 13.2. The summed E-state index contributed by atoms with van der Waals surface area (Å²) in [4.78, 5) is 11.5. The highest BCUT2D eigenvalue weighted by Gasteiger charge is 2.21. The Balaban J connectivity index is 1.79. The first-order chi connectivity index (χ1) is 8.69. The van der Waals surface area contributed by atoms with Gasteiger partial charge in [0, 0.05) is 6.54 Å². The molecular weight excluding hydrogens is 298 g/mol. The molecule has 0 saturated heterocycles. The largest absolute Gasteiger partial charge is 0.497 e. The Morgan fingerprint density at radius 1 is 1.50 bits per heavy atom. The maximum atomic E-state index is 11.5. The molecule has 0 spiro atoms. The fourth-order valence-electron chi connectivity index (χ4n) is 1.50. The molecule has 5 heteroatoms. The number of amides is 1. The molecule has 98 valence electrons. The number of carbonyl (C=O) groups is 1. The summed E-state index contributed by atoms with van der Waals surface area (Å²) >= 11 is 3.37. The molecule has 4 nitrogen and oxygen atoms in total. The molecule has 1 aromatic rings. The van der Waals surface area contributed by atoms with E-state index in [1.54, 1.807) is 25.3 Å². The molecule has 0 aliphatic heterocycles. The fourth-order valence-corrected chi connectivity index (χ4v) is 1.97. The van der Waals surface area contributed by atoms with Gasteiger partial charge in [-0.15, -0.1) is 0 Å². The maximum Gasteiger partial charge on any atom is 0.257 e. The zero-order chi connectivity index (χ0) is 13.0. The predicted molar refractivity (Wildman–Crippen MR) is 71.9 cm³/mol. The lowest BCUT2D eigenvalue weighted by atomic mass is 10.3. The van der Waals surface area contributed by atoms with Crippen LogP contribution in [0.5, 0.6) is 11.5 Å². The van der Waals surface area contributed by atoms with Crippen LogP contribution in [-0.4, -0.2) is 26.2 Å². The van der Waals surface area contributed by atoms with Crippen LogP contribution in [0.3, 0.4) is 0 Å². The van der Waals surface area contributed by atoms with Crippen molar-refractivity contribution in [1.82, 2.24) is 5.32 Å². The van der Waals surface area contributed by atoms with Crippen molar-refractivity contribution in [3.63, 3.8) is 0 Å². The van der Waals surface area contributed by atoms with Crippen molar-refractivity contribution in [2.45, 2.75) is 12.8 Å². The van der Waals surface area contributed by atoms with E-state index in [9.17, 15) is 4.79 Å². The molecule has 1 aromatic carbocycles. The molecule has 2 rings (SSSR count). The Bertz CT molecular complexity index is 432. The van der Waals surface area contributed by atoms with E-state index >= 15 is 0 Å². The highest BCUT2D eigenvalue weighted by molar-refractivity contribution is 9.10. The average Bonchev–Trinajstić information content (AvgIpc) is 3.18. The predicted octanol–water partition coefficient (Wildman–Crippen LogP) is 2.36. The molecule has 0 radical (unpaired) electrons. The quantitative estimate of drug-likeness (QED) is 0.877. The van der Waals surface area contributed by atoms with Gasteiger partial charge in [-0.2, -0.15) is 0 Å². The van der Waals surface area contributed by atoms with Gasteiger partial charge in [-0.05, 0) is 52.9 Å². The SMILES string of the molecule is COc1ccc(OCC(=O)NCC2CC2)c(Br)c1. The second kappa shape index (κ2) is 6.09. The van der Waals surface area contributed by atoms with Gasteiger partial charge in [-0.3, -0.25) is 4.79 Å².